The molecule has 2 heterocycles. The fraction of sp³-hybridized carbons (Fsp3) is 0.333. The van der Waals surface area contributed by atoms with Crippen LogP contribution in [-0.2, 0) is 22.5 Å². The average molecular weight is 385 g/mol. The van der Waals surface area contributed by atoms with Crippen molar-refractivity contribution < 1.29 is 14.3 Å². The monoisotopic (exact) mass is 384 g/mol. The average Bonchev–Trinajstić information content (AvgIpc) is 3.04. The third-order valence-corrected chi connectivity index (χ3v) is 5.66. The first-order valence-corrected chi connectivity index (χ1v) is 10.0. The van der Waals surface area contributed by atoms with Crippen LogP contribution < -0.4 is 5.32 Å². The van der Waals surface area contributed by atoms with Crippen LogP contribution in [0.5, 0.6) is 0 Å². The molecule has 1 amide bonds. The number of fused-ring (bicyclic) bond motifs is 1. The van der Waals surface area contributed by atoms with E-state index in [0.29, 0.717) is 17.2 Å². The second kappa shape index (κ2) is 8.97. The number of carbonyl (C=O) groups is 2. The molecule has 2 aromatic rings. The molecule has 1 aromatic carbocycles. The lowest BCUT2D eigenvalue weighted by Gasteiger charge is -2.25. The molecular weight excluding hydrogens is 360 g/mol. The highest BCUT2D eigenvalue weighted by Crippen LogP contribution is 2.37. The Morgan fingerprint density at radius 1 is 1.26 bits per heavy atom. The van der Waals surface area contributed by atoms with Crippen molar-refractivity contribution in [2.75, 3.05) is 25.0 Å². The summed E-state index contributed by atoms with van der Waals surface area (Å²) in [6.07, 6.45) is 4.04. The minimum Gasteiger partial charge on any atom is -0.462 e. The number of rotatable bonds is 6. The zero-order valence-corrected chi connectivity index (χ0v) is 16.5. The number of thiophene rings is 1. The summed E-state index contributed by atoms with van der Waals surface area (Å²) in [6, 6.07) is 9.62. The maximum atomic E-state index is 12.5. The Kier molecular flexibility index (Phi) is 6.42. The number of hydrogen-bond acceptors (Lipinski definition) is 5. The number of carbonyl (C=O) groups excluding carboxylic acids is 2. The summed E-state index contributed by atoms with van der Waals surface area (Å²) in [5, 5.41) is 3.47. The summed E-state index contributed by atoms with van der Waals surface area (Å²) in [5.41, 5.74) is 2.49. The molecular formula is C21H24N2O3S. The van der Waals surface area contributed by atoms with Crippen molar-refractivity contribution >= 4 is 34.3 Å². The summed E-state index contributed by atoms with van der Waals surface area (Å²) >= 11 is 1.48. The lowest BCUT2D eigenvalue weighted by atomic mass is 10.0. The van der Waals surface area contributed by atoms with Crippen LogP contribution in [0.4, 0.5) is 5.00 Å². The Morgan fingerprint density at radius 3 is 2.74 bits per heavy atom. The van der Waals surface area contributed by atoms with Crippen molar-refractivity contribution in [2.45, 2.75) is 26.8 Å². The van der Waals surface area contributed by atoms with Crippen molar-refractivity contribution in [2.24, 2.45) is 0 Å². The van der Waals surface area contributed by atoms with E-state index in [9.17, 15) is 9.59 Å². The second-order valence-electron chi connectivity index (χ2n) is 6.28. The minimum atomic E-state index is -0.359. The molecule has 0 fully saturated rings. The van der Waals surface area contributed by atoms with E-state index in [2.05, 4.69) is 17.1 Å². The molecule has 0 saturated heterocycles. The molecule has 1 aliphatic rings. The Hall–Kier alpha value is -2.44. The van der Waals surface area contributed by atoms with Gasteiger partial charge in [-0.25, -0.2) is 4.79 Å². The van der Waals surface area contributed by atoms with Gasteiger partial charge in [0, 0.05) is 24.0 Å². The molecule has 0 bridgehead atoms. The predicted molar refractivity (Wildman–Crippen MR) is 109 cm³/mol. The third-order valence-electron chi connectivity index (χ3n) is 4.53. The van der Waals surface area contributed by atoms with Crippen LogP contribution >= 0.6 is 11.3 Å². The highest BCUT2D eigenvalue weighted by Gasteiger charge is 2.28. The van der Waals surface area contributed by atoms with Gasteiger partial charge in [0.05, 0.1) is 12.2 Å². The van der Waals surface area contributed by atoms with Crippen molar-refractivity contribution in [1.82, 2.24) is 4.90 Å². The van der Waals surface area contributed by atoms with E-state index in [4.69, 9.17) is 4.74 Å². The van der Waals surface area contributed by atoms with Gasteiger partial charge in [0.15, 0.2) is 0 Å². The molecule has 1 N–H and O–H groups in total. The third kappa shape index (κ3) is 4.64. The molecule has 142 valence electrons. The first kappa shape index (κ1) is 19.3. The van der Waals surface area contributed by atoms with Gasteiger partial charge < -0.3 is 10.1 Å². The number of nitrogens with zero attached hydrogens (tertiary/aromatic N) is 1. The number of anilines is 1. The van der Waals surface area contributed by atoms with Gasteiger partial charge in [-0.1, -0.05) is 37.3 Å². The van der Waals surface area contributed by atoms with Gasteiger partial charge >= 0.3 is 5.97 Å². The van der Waals surface area contributed by atoms with Crippen molar-refractivity contribution in [3.8, 4) is 0 Å². The molecule has 27 heavy (non-hydrogen) atoms. The number of likely N-dealkylation sites (N-methyl/N-ethyl adjacent to an activating group) is 1. The fourth-order valence-corrected chi connectivity index (χ4v) is 4.40. The number of esters is 1. The number of nitrogens with one attached hydrogen (secondary N) is 1. The van der Waals surface area contributed by atoms with Gasteiger partial charge in [-0.3, -0.25) is 9.69 Å². The summed E-state index contributed by atoms with van der Waals surface area (Å²) < 4.78 is 5.24. The topological polar surface area (TPSA) is 58.6 Å². The van der Waals surface area contributed by atoms with Crippen molar-refractivity contribution in [3.05, 3.63) is 58.0 Å². The number of amides is 1. The van der Waals surface area contributed by atoms with E-state index in [0.717, 1.165) is 42.1 Å². The van der Waals surface area contributed by atoms with Gasteiger partial charge in [-0.15, -0.1) is 11.3 Å². The van der Waals surface area contributed by atoms with E-state index in [1.54, 1.807) is 13.0 Å². The Balaban J connectivity index is 1.83. The van der Waals surface area contributed by atoms with E-state index in [1.807, 2.05) is 30.3 Å². The van der Waals surface area contributed by atoms with Gasteiger partial charge in [-0.2, -0.15) is 0 Å². The van der Waals surface area contributed by atoms with Crippen molar-refractivity contribution in [1.29, 1.82) is 0 Å². The van der Waals surface area contributed by atoms with E-state index < -0.39 is 0 Å². The van der Waals surface area contributed by atoms with E-state index in [1.165, 1.54) is 17.4 Å². The smallest absolute Gasteiger partial charge is 0.341 e. The molecule has 0 atom stereocenters. The largest absolute Gasteiger partial charge is 0.462 e. The van der Waals surface area contributed by atoms with Gasteiger partial charge in [0.2, 0.25) is 5.91 Å². The first-order valence-electron chi connectivity index (χ1n) is 9.20. The zero-order chi connectivity index (χ0) is 19.2. The Labute approximate surface area is 163 Å². The molecule has 0 unspecified atom stereocenters. The Morgan fingerprint density at radius 2 is 2.04 bits per heavy atom. The van der Waals surface area contributed by atoms with Gasteiger partial charge in [-0.05, 0) is 37.1 Å². The zero-order valence-electron chi connectivity index (χ0n) is 15.7. The van der Waals surface area contributed by atoms with Crippen LogP contribution in [-0.4, -0.2) is 36.5 Å². The number of hydrogen-bond donors (Lipinski definition) is 1. The second-order valence-corrected chi connectivity index (χ2v) is 7.39. The van der Waals surface area contributed by atoms with Crippen LogP contribution in [0.25, 0.3) is 6.08 Å². The minimum absolute atomic E-state index is 0.254. The summed E-state index contributed by atoms with van der Waals surface area (Å²) in [6.45, 7) is 6.91. The summed E-state index contributed by atoms with van der Waals surface area (Å²) in [7, 11) is 0. The van der Waals surface area contributed by atoms with Gasteiger partial charge in [0.1, 0.15) is 5.00 Å². The standard InChI is InChI=1S/C21H24N2O3S/c1-3-23-13-12-16-17(14-23)27-20(19(16)21(25)26-4-2)22-18(24)11-10-15-8-6-5-7-9-15/h5-11H,3-4,12-14H2,1-2H3,(H,22,24). The molecule has 3 rings (SSSR count). The molecule has 0 radical (unpaired) electrons. The van der Waals surface area contributed by atoms with Crippen LogP contribution in [0.3, 0.4) is 0 Å². The summed E-state index contributed by atoms with van der Waals surface area (Å²) in [5.74, 6) is -0.613. The maximum Gasteiger partial charge on any atom is 0.341 e. The maximum absolute atomic E-state index is 12.5. The lowest BCUT2D eigenvalue weighted by Crippen LogP contribution is -2.30. The van der Waals surface area contributed by atoms with E-state index in [-0.39, 0.29) is 11.9 Å². The van der Waals surface area contributed by atoms with Crippen molar-refractivity contribution in [3.63, 3.8) is 0 Å². The molecule has 6 heteroatoms. The predicted octanol–water partition coefficient (Wildman–Crippen LogP) is 3.95. The number of benzene rings is 1. The van der Waals surface area contributed by atoms with Crippen LogP contribution in [0.15, 0.2) is 36.4 Å². The fourth-order valence-electron chi connectivity index (χ4n) is 3.12. The van der Waals surface area contributed by atoms with Crippen LogP contribution in [0.1, 0.15) is 40.2 Å². The number of ether oxygens (including phenoxy) is 1. The molecule has 0 spiro atoms. The highest BCUT2D eigenvalue weighted by atomic mass is 32.1. The molecule has 1 aromatic heterocycles. The molecule has 1 aliphatic heterocycles. The summed E-state index contributed by atoms with van der Waals surface area (Å²) in [4.78, 5) is 28.4. The quantitative estimate of drug-likeness (QED) is 0.605. The molecule has 0 saturated carbocycles. The van der Waals surface area contributed by atoms with Crippen LogP contribution in [0, 0.1) is 0 Å². The Bertz CT molecular complexity index is 843. The molecule has 5 nitrogen and oxygen atoms in total. The van der Waals surface area contributed by atoms with Crippen LogP contribution in [0.2, 0.25) is 0 Å². The van der Waals surface area contributed by atoms with E-state index >= 15 is 0 Å². The molecule has 0 aliphatic carbocycles. The normalized spacial score (nSPS) is 14.1. The highest BCUT2D eigenvalue weighted by molar-refractivity contribution is 7.17. The SMILES string of the molecule is CCOC(=O)c1c(NC(=O)C=Cc2ccccc2)sc2c1CCN(CC)C2. The lowest BCUT2D eigenvalue weighted by molar-refractivity contribution is -0.111. The van der Waals surface area contributed by atoms with Gasteiger partial charge in [0.25, 0.3) is 0 Å². The first-order chi connectivity index (χ1) is 13.1.